The van der Waals surface area contributed by atoms with Crippen molar-refractivity contribution in [2.45, 2.75) is 246 Å². The molecule has 0 aliphatic rings. The zero-order valence-corrected chi connectivity index (χ0v) is 40.1. The molecule has 0 unspecified atom stereocenters. The van der Waals surface area contributed by atoms with Crippen LogP contribution >= 0.6 is 0 Å². The number of hydrogen-bond acceptors (Lipinski definition) is 10. The molecule has 60 heavy (non-hydrogen) atoms. The maximum atomic E-state index is 12.6. The van der Waals surface area contributed by atoms with Crippen LogP contribution in [0.4, 0.5) is 0 Å². The van der Waals surface area contributed by atoms with Gasteiger partial charge in [0, 0.05) is 52.4 Å². The van der Waals surface area contributed by atoms with Gasteiger partial charge in [-0.15, -0.1) is 0 Å². The van der Waals surface area contributed by atoms with E-state index in [2.05, 4.69) is 32.6 Å². The molecule has 0 fully saturated rings. The molecule has 358 valence electrons. The second kappa shape index (κ2) is 48.7. The molecule has 0 heterocycles. The van der Waals surface area contributed by atoms with Crippen LogP contribution in [0.15, 0.2) is 0 Å². The Kier molecular flexibility index (Phi) is 47.7. The fourth-order valence-electron chi connectivity index (χ4n) is 7.20. The van der Waals surface area contributed by atoms with Gasteiger partial charge < -0.3 is 39.1 Å². The Hall–Kier alpha value is -1.30. The summed E-state index contributed by atoms with van der Waals surface area (Å²) in [6.07, 6.45) is 33.7. The van der Waals surface area contributed by atoms with Gasteiger partial charge in [-0.05, 0) is 64.5 Å². The lowest BCUT2D eigenvalue weighted by molar-refractivity contribution is -0.159. The monoisotopic (exact) mass is 857 g/mol. The van der Waals surface area contributed by atoms with Crippen molar-refractivity contribution in [2.24, 2.45) is 5.73 Å². The van der Waals surface area contributed by atoms with Crippen LogP contribution in [0.1, 0.15) is 233 Å². The first-order valence-electron chi connectivity index (χ1n) is 25.7. The Labute approximate surface area is 371 Å². The number of nitrogens with two attached hydrogens (primary N) is 1. The molecule has 0 saturated carbocycles. The predicted octanol–water partition coefficient (Wildman–Crippen LogP) is 12.6. The first-order valence-corrected chi connectivity index (χ1v) is 25.7. The average Bonchev–Trinajstić information content (AvgIpc) is 3.25. The van der Waals surface area contributed by atoms with E-state index < -0.39 is 0 Å². The molecule has 0 radical (unpaired) electrons. The summed E-state index contributed by atoms with van der Waals surface area (Å²) in [5.41, 5.74) is 5.91. The third-order valence-corrected chi connectivity index (χ3v) is 11.1. The van der Waals surface area contributed by atoms with Crippen LogP contribution in [0, 0.1) is 0 Å². The highest BCUT2D eigenvalue weighted by Crippen LogP contribution is 2.14. The van der Waals surface area contributed by atoms with E-state index in [-0.39, 0.29) is 24.5 Å². The van der Waals surface area contributed by atoms with Gasteiger partial charge in [0.15, 0.2) is 12.6 Å². The molecule has 0 rings (SSSR count). The average molecular weight is 857 g/mol. The van der Waals surface area contributed by atoms with E-state index in [1.165, 1.54) is 128 Å². The van der Waals surface area contributed by atoms with E-state index in [0.29, 0.717) is 71.9 Å². The molecule has 0 aromatic heterocycles. The van der Waals surface area contributed by atoms with Gasteiger partial charge in [0.25, 0.3) is 0 Å². The fourth-order valence-corrected chi connectivity index (χ4v) is 7.20. The van der Waals surface area contributed by atoms with E-state index in [1.807, 2.05) is 0 Å². The molecule has 10 nitrogen and oxygen atoms in total. The Morgan fingerprint density at radius 1 is 0.383 bits per heavy atom. The summed E-state index contributed by atoms with van der Waals surface area (Å²) < 4.78 is 35.5. The van der Waals surface area contributed by atoms with Gasteiger partial charge in [-0.25, -0.2) is 0 Å². The normalized spacial score (nSPS) is 11.7. The van der Waals surface area contributed by atoms with Gasteiger partial charge in [-0.1, -0.05) is 156 Å². The lowest BCUT2D eigenvalue weighted by Gasteiger charge is -2.21. The van der Waals surface area contributed by atoms with Crippen molar-refractivity contribution < 1.29 is 38.0 Å². The number of carbonyl (C=O) groups is 2. The smallest absolute Gasteiger partial charge is 0.305 e. The predicted molar refractivity (Wildman–Crippen MR) is 249 cm³/mol. The fraction of sp³-hybridized carbons (Fsp3) is 0.960. The highest BCUT2D eigenvalue weighted by Gasteiger charge is 2.15. The second-order valence-corrected chi connectivity index (χ2v) is 17.0. The molecule has 0 bridgehead atoms. The molecule has 0 spiro atoms. The minimum atomic E-state index is -0.345. The number of unbranched alkanes of at least 4 members (excludes halogenated alkanes) is 22. The highest BCUT2D eigenvalue weighted by atomic mass is 16.7. The van der Waals surface area contributed by atoms with Gasteiger partial charge in [0.2, 0.25) is 0 Å². The van der Waals surface area contributed by atoms with E-state index >= 15 is 0 Å². The molecule has 0 atom stereocenters. The number of nitrogens with zero attached hydrogens (tertiary/aromatic N) is 1. The third-order valence-electron chi connectivity index (χ3n) is 11.1. The van der Waals surface area contributed by atoms with Crippen molar-refractivity contribution in [1.82, 2.24) is 4.90 Å². The van der Waals surface area contributed by atoms with Crippen LogP contribution < -0.4 is 5.73 Å². The summed E-state index contributed by atoms with van der Waals surface area (Å²) >= 11 is 0. The van der Waals surface area contributed by atoms with Gasteiger partial charge in [0.05, 0.1) is 26.1 Å². The molecule has 0 aliphatic heterocycles. The molecule has 0 aromatic carbocycles. The number of esters is 2. The SMILES string of the molecule is CCCCCCCCOC(CCC(=O)OCCCCN(CCN)CCCCOC(=O)CCC(OCCCCCCCC)OCCCCCCCC)OCCCCCCCC. The first-order chi connectivity index (χ1) is 29.5. The van der Waals surface area contributed by atoms with E-state index in [4.69, 9.17) is 34.2 Å². The van der Waals surface area contributed by atoms with Crippen molar-refractivity contribution in [3.63, 3.8) is 0 Å². The van der Waals surface area contributed by atoms with Crippen LogP contribution in [-0.4, -0.2) is 95.2 Å². The Bertz CT molecular complexity index is 779. The maximum absolute atomic E-state index is 12.6. The molecule has 0 aliphatic carbocycles. The highest BCUT2D eigenvalue weighted by molar-refractivity contribution is 5.69. The number of hydrogen-bond donors (Lipinski definition) is 1. The standard InChI is InChI=1S/C50H100N2O8/c1-5-9-13-17-21-27-43-57-49(58-44-28-22-18-14-10-6-2)35-33-47(53)55-41-31-25-38-52(40-37-51)39-26-32-42-56-48(54)34-36-50(59-45-29-23-19-15-11-7-3)60-46-30-24-20-16-12-8-4/h49-50H,5-46,51H2,1-4H3. The molecule has 0 amide bonds. The van der Waals surface area contributed by atoms with Crippen molar-refractivity contribution >= 4 is 11.9 Å². The topological polar surface area (TPSA) is 119 Å². The van der Waals surface area contributed by atoms with Crippen molar-refractivity contribution in [2.75, 3.05) is 65.8 Å². The lowest BCUT2D eigenvalue weighted by atomic mass is 10.1. The summed E-state index contributed by atoms with van der Waals surface area (Å²) in [7, 11) is 0. The zero-order valence-electron chi connectivity index (χ0n) is 40.1. The molecule has 0 aromatic rings. The molecular weight excluding hydrogens is 757 g/mol. The summed E-state index contributed by atoms with van der Waals surface area (Å²) in [6, 6.07) is 0. The lowest BCUT2D eigenvalue weighted by Crippen LogP contribution is -2.31. The number of ether oxygens (including phenoxy) is 6. The third kappa shape index (κ3) is 43.4. The zero-order chi connectivity index (χ0) is 43.8. The Balaban J connectivity index is 4.36. The van der Waals surface area contributed by atoms with Crippen LogP contribution in [0.25, 0.3) is 0 Å². The van der Waals surface area contributed by atoms with Crippen LogP contribution in [0.5, 0.6) is 0 Å². The Morgan fingerprint density at radius 2 is 0.667 bits per heavy atom. The van der Waals surface area contributed by atoms with Gasteiger partial charge in [-0.2, -0.15) is 0 Å². The van der Waals surface area contributed by atoms with Crippen LogP contribution in [-0.2, 0) is 38.0 Å². The summed E-state index contributed by atoms with van der Waals surface area (Å²) in [4.78, 5) is 27.5. The van der Waals surface area contributed by atoms with Crippen molar-refractivity contribution in [3.8, 4) is 0 Å². The quantitative estimate of drug-likeness (QED) is 0.0360. The van der Waals surface area contributed by atoms with E-state index in [9.17, 15) is 9.59 Å². The molecule has 2 N–H and O–H groups in total. The van der Waals surface area contributed by atoms with E-state index in [0.717, 1.165) is 71.0 Å². The Morgan fingerprint density at radius 3 is 0.967 bits per heavy atom. The van der Waals surface area contributed by atoms with Crippen LogP contribution in [0.3, 0.4) is 0 Å². The van der Waals surface area contributed by atoms with E-state index in [1.54, 1.807) is 0 Å². The second-order valence-electron chi connectivity index (χ2n) is 17.0. The summed E-state index contributed by atoms with van der Waals surface area (Å²) in [5.74, 6) is -0.367. The summed E-state index contributed by atoms with van der Waals surface area (Å²) in [5, 5.41) is 0. The minimum absolute atomic E-state index is 0.184. The first kappa shape index (κ1) is 58.7. The maximum Gasteiger partial charge on any atom is 0.305 e. The van der Waals surface area contributed by atoms with Crippen molar-refractivity contribution in [1.29, 1.82) is 0 Å². The van der Waals surface area contributed by atoms with Crippen LogP contribution in [0.2, 0.25) is 0 Å². The number of rotatable bonds is 50. The molecular formula is C50H100N2O8. The molecule has 10 heteroatoms. The van der Waals surface area contributed by atoms with Gasteiger partial charge in [-0.3, -0.25) is 9.59 Å². The number of carbonyl (C=O) groups excluding carboxylic acids is 2. The largest absolute Gasteiger partial charge is 0.466 e. The van der Waals surface area contributed by atoms with Crippen molar-refractivity contribution in [3.05, 3.63) is 0 Å². The molecule has 0 saturated heterocycles. The van der Waals surface area contributed by atoms with Gasteiger partial charge in [0.1, 0.15) is 0 Å². The van der Waals surface area contributed by atoms with Gasteiger partial charge >= 0.3 is 11.9 Å². The summed E-state index contributed by atoms with van der Waals surface area (Å²) in [6.45, 7) is 15.7. The minimum Gasteiger partial charge on any atom is -0.466 e.